The summed E-state index contributed by atoms with van der Waals surface area (Å²) in [5, 5.41) is 11.6. The molecular formula is C21H29NO5. The fourth-order valence-corrected chi connectivity index (χ4v) is 3.13. The van der Waals surface area contributed by atoms with Gasteiger partial charge in [0.05, 0.1) is 11.7 Å². The van der Waals surface area contributed by atoms with Crippen LogP contribution in [-0.4, -0.2) is 35.2 Å². The number of phenols is 1. The number of phenolic OH excluding ortho intramolecular Hbond substituents is 1. The molecule has 1 N–H and O–H groups in total. The van der Waals surface area contributed by atoms with Crippen molar-refractivity contribution >= 4 is 16.9 Å². The highest BCUT2D eigenvalue weighted by Crippen LogP contribution is 2.34. The predicted molar refractivity (Wildman–Crippen MR) is 105 cm³/mol. The van der Waals surface area contributed by atoms with Gasteiger partial charge in [-0.1, -0.05) is 13.8 Å². The Morgan fingerprint density at radius 3 is 2.52 bits per heavy atom. The Kier molecular flexibility index (Phi) is 7.02. The van der Waals surface area contributed by atoms with Crippen molar-refractivity contribution in [2.24, 2.45) is 0 Å². The second-order valence-corrected chi connectivity index (χ2v) is 6.99. The normalized spacial score (nSPS) is 11.5. The van der Waals surface area contributed by atoms with E-state index in [0.717, 1.165) is 24.0 Å². The number of ether oxygens (including phenoxy) is 1. The third kappa shape index (κ3) is 5.10. The summed E-state index contributed by atoms with van der Waals surface area (Å²) in [6.45, 7) is 11.6. The molecule has 0 aliphatic carbocycles. The molecule has 0 saturated carbocycles. The summed E-state index contributed by atoms with van der Waals surface area (Å²) in [6, 6.07) is 3.24. The van der Waals surface area contributed by atoms with E-state index < -0.39 is 5.63 Å². The number of hydrogen-bond acceptors (Lipinski definition) is 6. The Morgan fingerprint density at radius 1 is 1.26 bits per heavy atom. The third-order valence-corrected chi connectivity index (χ3v) is 4.63. The molecule has 0 saturated heterocycles. The van der Waals surface area contributed by atoms with E-state index in [1.165, 1.54) is 6.07 Å². The standard InChI is InChI=1S/C21H29NO5/c1-6-22(7-2)12-17-20(25)15(8-9-18(23)26-13(3)4)11-16-14(5)10-19(24)27-21(16)17/h10-11,13,25H,6-9,12H2,1-5H3. The molecule has 1 aromatic heterocycles. The van der Waals surface area contributed by atoms with Crippen LogP contribution in [0.4, 0.5) is 0 Å². The summed E-state index contributed by atoms with van der Waals surface area (Å²) in [6.07, 6.45) is 0.368. The minimum Gasteiger partial charge on any atom is -0.507 e. The summed E-state index contributed by atoms with van der Waals surface area (Å²) in [5.74, 6) is -0.216. The zero-order valence-electron chi connectivity index (χ0n) is 16.8. The minimum atomic E-state index is -0.437. The van der Waals surface area contributed by atoms with Gasteiger partial charge in [0.25, 0.3) is 0 Å². The quantitative estimate of drug-likeness (QED) is 0.562. The first-order valence-electron chi connectivity index (χ1n) is 9.46. The van der Waals surface area contributed by atoms with E-state index in [9.17, 15) is 14.7 Å². The molecule has 0 amide bonds. The van der Waals surface area contributed by atoms with Crippen LogP contribution in [0.3, 0.4) is 0 Å². The van der Waals surface area contributed by atoms with Gasteiger partial charge >= 0.3 is 11.6 Å². The van der Waals surface area contributed by atoms with E-state index in [2.05, 4.69) is 4.90 Å². The molecule has 0 bridgehead atoms. The number of benzene rings is 1. The van der Waals surface area contributed by atoms with Gasteiger partial charge in [-0.05, 0) is 57.5 Å². The summed E-state index contributed by atoms with van der Waals surface area (Å²) < 4.78 is 10.6. The maximum atomic E-state index is 11.9. The van der Waals surface area contributed by atoms with Crippen LogP contribution in [0.25, 0.3) is 11.0 Å². The number of carbonyl (C=O) groups excluding carboxylic acids is 1. The molecule has 2 aromatic rings. The molecule has 0 unspecified atom stereocenters. The summed E-state index contributed by atoms with van der Waals surface area (Å²) in [4.78, 5) is 25.9. The average Bonchev–Trinajstić information content (AvgIpc) is 2.59. The van der Waals surface area contributed by atoms with E-state index in [1.807, 2.05) is 20.8 Å². The molecule has 0 atom stereocenters. The van der Waals surface area contributed by atoms with Crippen molar-refractivity contribution in [1.82, 2.24) is 4.90 Å². The molecule has 0 radical (unpaired) electrons. The number of carbonyl (C=O) groups is 1. The van der Waals surface area contributed by atoms with E-state index in [-0.39, 0.29) is 24.2 Å². The molecule has 27 heavy (non-hydrogen) atoms. The average molecular weight is 375 g/mol. The van der Waals surface area contributed by atoms with Crippen LogP contribution >= 0.6 is 0 Å². The summed E-state index contributed by atoms with van der Waals surface area (Å²) in [7, 11) is 0. The fraction of sp³-hybridized carbons (Fsp3) is 0.524. The van der Waals surface area contributed by atoms with Gasteiger partial charge in [0.2, 0.25) is 0 Å². The van der Waals surface area contributed by atoms with E-state index >= 15 is 0 Å². The van der Waals surface area contributed by atoms with Crippen molar-refractivity contribution in [1.29, 1.82) is 0 Å². The van der Waals surface area contributed by atoms with Crippen LogP contribution in [0.15, 0.2) is 21.3 Å². The number of aromatic hydroxyl groups is 1. The van der Waals surface area contributed by atoms with Gasteiger partial charge in [-0.15, -0.1) is 0 Å². The van der Waals surface area contributed by atoms with Crippen molar-refractivity contribution in [2.75, 3.05) is 13.1 Å². The Labute approximate surface area is 159 Å². The Balaban J connectivity index is 2.50. The van der Waals surface area contributed by atoms with Gasteiger partial charge < -0.3 is 14.3 Å². The summed E-state index contributed by atoms with van der Waals surface area (Å²) >= 11 is 0. The number of rotatable bonds is 8. The molecule has 148 valence electrons. The van der Waals surface area contributed by atoms with Crippen molar-refractivity contribution in [2.45, 2.75) is 60.1 Å². The number of nitrogens with zero attached hydrogens (tertiary/aromatic N) is 1. The van der Waals surface area contributed by atoms with Gasteiger partial charge in [0, 0.05) is 24.4 Å². The minimum absolute atomic E-state index is 0.0838. The Bertz CT molecular complexity index is 865. The monoisotopic (exact) mass is 375 g/mol. The third-order valence-electron chi connectivity index (χ3n) is 4.63. The topological polar surface area (TPSA) is 80.0 Å². The molecule has 0 spiro atoms. The molecule has 0 aliphatic rings. The van der Waals surface area contributed by atoms with Crippen LogP contribution in [-0.2, 0) is 22.5 Å². The zero-order valence-corrected chi connectivity index (χ0v) is 16.8. The van der Waals surface area contributed by atoms with Crippen LogP contribution in [0, 0.1) is 6.92 Å². The predicted octanol–water partition coefficient (Wildman–Crippen LogP) is 3.53. The van der Waals surface area contributed by atoms with Gasteiger partial charge in [0.1, 0.15) is 11.3 Å². The van der Waals surface area contributed by atoms with Gasteiger partial charge in [-0.25, -0.2) is 4.79 Å². The molecule has 0 aliphatic heterocycles. The lowest BCUT2D eigenvalue weighted by atomic mass is 9.98. The van der Waals surface area contributed by atoms with Crippen molar-refractivity contribution in [3.63, 3.8) is 0 Å². The molecule has 6 heteroatoms. The molecule has 2 rings (SSSR count). The fourth-order valence-electron chi connectivity index (χ4n) is 3.13. The lowest BCUT2D eigenvalue weighted by molar-refractivity contribution is -0.147. The second kappa shape index (κ2) is 9.04. The number of esters is 1. The lowest BCUT2D eigenvalue weighted by Crippen LogP contribution is -2.22. The first-order valence-corrected chi connectivity index (χ1v) is 9.46. The maximum Gasteiger partial charge on any atom is 0.336 e. The highest BCUT2D eigenvalue weighted by atomic mass is 16.5. The number of fused-ring (bicyclic) bond motifs is 1. The van der Waals surface area contributed by atoms with E-state index in [0.29, 0.717) is 29.7 Å². The molecular weight excluding hydrogens is 346 g/mol. The van der Waals surface area contributed by atoms with Crippen LogP contribution in [0.2, 0.25) is 0 Å². The lowest BCUT2D eigenvalue weighted by Gasteiger charge is -2.21. The van der Waals surface area contributed by atoms with Crippen molar-refractivity contribution < 1.29 is 19.1 Å². The molecule has 0 fully saturated rings. The molecule has 1 aromatic carbocycles. The van der Waals surface area contributed by atoms with Crippen molar-refractivity contribution in [3.05, 3.63) is 39.2 Å². The highest BCUT2D eigenvalue weighted by Gasteiger charge is 2.19. The maximum absolute atomic E-state index is 11.9. The first kappa shape index (κ1) is 21.0. The summed E-state index contributed by atoms with van der Waals surface area (Å²) in [5.41, 5.74) is 2.01. The van der Waals surface area contributed by atoms with Gasteiger partial charge in [-0.2, -0.15) is 0 Å². The molecule has 1 heterocycles. The van der Waals surface area contributed by atoms with E-state index in [1.54, 1.807) is 19.9 Å². The first-order chi connectivity index (χ1) is 12.8. The second-order valence-electron chi connectivity index (χ2n) is 6.99. The van der Waals surface area contributed by atoms with Gasteiger partial charge in [-0.3, -0.25) is 9.69 Å². The SMILES string of the molecule is CCN(CC)Cc1c(O)c(CCC(=O)OC(C)C)cc2c(C)cc(=O)oc12. The van der Waals surface area contributed by atoms with Crippen molar-refractivity contribution in [3.8, 4) is 5.75 Å². The Morgan fingerprint density at radius 2 is 1.93 bits per heavy atom. The smallest absolute Gasteiger partial charge is 0.336 e. The van der Waals surface area contributed by atoms with Gasteiger partial charge in [0.15, 0.2) is 0 Å². The van der Waals surface area contributed by atoms with Crippen LogP contribution < -0.4 is 5.63 Å². The number of hydrogen-bond donors (Lipinski definition) is 1. The number of aryl methyl sites for hydroxylation is 2. The highest BCUT2D eigenvalue weighted by molar-refractivity contribution is 5.86. The van der Waals surface area contributed by atoms with Crippen LogP contribution in [0.1, 0.15) is 50.8 Å². The molecule has 6 nitrogen and oxygen atoms in total. The zero-order chi connectivity index (χ0) is 20.1. The van der Waals surface area contributed by atoms with E-state index in [4.69, 9.17) is 9.15 Å². The van der Waals surface area contributed by atoms with Crippen LogP contribution in [0.5, 0.6) is 5.75 Å². The largest absolute Gasteiger partial charge is 0.507 e. The Hall–Kier alpha value is -2.34.